The minimum Gasteiger partial charge on any atom is -0.384 e. The van der Waals surface area contributed by atoms with Crippen LogP contribution in [0.1, 0.15) is 31.0 Å². The zero-order valence-electron chi connectivity index (χ0n) is 11.6. The number of nitrogens with zero attached hydrogens (tertiary/aromatic N) is 2. The predicted molar refractivity (Wildman–Crippen MR) is 76.9 cm³/mol. The first kappa shape index (κ1) is 13.8. The van der Waals surface area contributed by atoms with Crippen LogP contribution in [0.15, 0.2) is 12.1 Å². The van der Waals surface area contributed by atoms with Gasteiger partial charge in [0.1, 0.15) is 11.7 Å². The number of hydrogen-bond acceptors (Lipinski definition) is 4. The van der Waals surface area contributed by atoms with Crippen molar-refractivity contribution in [2.24, 2.45) is 5.73 Å². The van der Waals surface area contributed by atoms with Crippen molar-refractivity contribution in [3.05, 3.63) is 23.4 Å². The predicted octanol–water partition coefficient (Wildman–Crippen LogP) is 1.68. The summed E-state index contributed by atoms with van der Waals surface area (Å²) < 4.78 is 5.71. The van der Waals surface area contributed by atoms with Gasteiger partial charge in [-0.3, -0.25) is 5.41 Å². The monoisotopic (exact) mass is 262 g/mol. The van der Waals surface area contributed by atoms with E-state index >= 15 is 0 Å². The Hall–Kier alpha value is -1.62. The minimum absolute atomic E-state index is 0.0704. The number of piperidine rings is 1. The minimum atomic E-state index is 0.0704. The zero-order chi connectivity index (χ0) is 13.8. The van der Waals surface area contributed by atoms with E-state index in [1.165, 1.54) is 0 Å². The van der Waals surface area contributed by atoms with E-state index in [9.17, 15) is 0 Å². The standard InChI is InChI=1S/C14H22N4O/c1-3-19-11-5-4-8-18(9-11)14-12(13(15)16)7-6-10(2)17-14/h6-7,11H,3-5,8-9H2,1-2H3,(H3,15,16). The lowest BCUT2D eigenvalue weighted by molar-refractivity contribution is 0.0525. The first-order valence-corrected chi connectivity index (χ1v) is 6.80. The Labute approximate surface area is 114 Å². The normalized spacial score (nSPS) is 19.5. The fourth-order valence-electron chi connectivity index (χ4n) is 2.50. The average Bonchev–Trinajstić information content (AvgIpc) is 2.39. The van der Waals surface area contributed by atoms with E-state index in [1.54, 1.807) is 0 Å². The number of nitrogens with one attached hydrogen (secondary N) is 1. The molecule has 0 saturated carbocycles. The van der Waals surface area contributed by atoms with E-state index in [2.05, 4.69) is 9.88 Å². The van der Waals surface area contributed by atoms with Crippen LogP contribution < -0.4 is 10.6 Å². The first-order valence-electron chi connectivity index (χ1n) is 6.80. The van der Waals surface area contributed by atoms with Gasteiger partial charge in [-0.1, -0.05) is 0 Å². The Morgan fingerprint density at radius 2 is 2.37 bits per heavy atom. The summed E-state index contributed by atoms with van der Waals surface area (Å²) in [7, 11) is 0. The van der Waals surface area contributed by atoms with Gasteiger partial charge >= 0.3 is 0 Å². The number of pyridine rings is 1. The molecule has 3 N–H and O–H groups in total. The molecule has 0 bridgehead atoms. The molecule has 1 atom stereocenters. The van der Waals surface area contributed by atoms with Crippen LogP contribution in [0, 0.1) is 12.3 Å². The van der Waals surface area contributed by atoms with Crippen molar-refractivity contribution in [2.45, 2.75) is 32.8 Å². The fourth-order valence-corrected chi connectivity index (χ4v) is 2.50. The molecule has 1 aromatic rings. The van der Waals surface area contributed by atoms with Gasteiger partial charge in [0.2, 0.25) is 0 Å². The Morgan fingerprint density at radius 1 is 1.58 bits per heavy atom. The summed E-state index contributed by atoms with van der Waals surface area (Å²) in [4.78, 5) is 6.75. The Balaban J connectivity index is 2.24. The van der Waals surface area contributed by atoms with Gasteiger partial charge in [-0.15, -0.1) is 0 Å². The van der Waals surface area contributed by atoms with Gasteiger partial charge in [0.05, 0.1) is 11.7 Å². The molecule has 1 unspecified atom stereocenters. The second-order valence-electron chi connectivity index (χ2n) is 4.90. The van der Waals surface area contributed by atoms with Crippen molar-refractivity contribution < 1.29 is 4.74 Å². The SMILES string of the molecule is CCOC1CCCN(c2nc(C)ccc2C(=N)N)C1. The second kappa shape index (κ2) is 6.02. The van der Waals surface area contributed by atoms with Crippen LogP contribution >= 0.6 is 0 Å². The van der Waals surface area contributed by atoms with Gasteiger partial charge in [-0.2, -0.15) is 0 Å². The van der Waals surface area contributed by atoms with Gasteiger partial charge in [0.25, 0.3) is 0 Å². The molecule has 1 aliphatic heterocycles. The summed E-state index contributed by atoms with van der Waals surface area (Å²) in [5.74, 6) is 0.887. The van der Waals surface area contributed by atoms with E-state index in [0.717, 1.165) is 44.0 Å². The van der Waals surface area contributed by atoms with Crippen LogP contribution in [0.4, 0.5) is 5.82 Å². The molecule has 0 aromatic carbocycles. The fraction of sp³-hybridized carbons (Fsp3) is 0.571. The van der Waals surface area contributed by atoms with Crippen LogP contribution in [0.2, 0.25) is 0 Å². The highest BCUT2D eigenvalue weighted by molar-refractivity contribution is 5.99. The Morgan fingerprint density at radius 3 is 3.05 bits per heavy atom. The number of nitrogen functional groups attached to an aromatic ring is 1. The molecule has 1 aromatic heterocycles. The second-order valence-corrected chi connectivity index (χ2v) is 4.90. The molecule has 2 heterocycles. The molecule has 2 rings (SSSR count). The molecule has 1 fully saturated rings. The van der Waals surface area contributed by atoms with Crippen molar-refractivity contribution in [2.75, 3.05) is 24.6 Å². The van der Waals surface area contributed by atoms with Crippen molar-refractivity contribution in [1.29, 1.82) is 5.41 Å². The Bertz CT molecular complexity index is 459. The first-order chi connectivity index (χ1) is 9.11. The van der Waals surface area contributed by atoms with E-state index < -0.39 is 0 Å². The van der Waals surface area contributed by atoms with E-state index in [-0.39, 0.29) is 11.9 Å². The summed E-state index contributed by atoms with van der Waals surface area (Å²) in [6.45, 7) is 6.48. The number of amidine groups is 1. The van der Waals surface area contributed by atoms with Gasteiger partial charge in [-0.05, 0) is 38.8 Å². The highest BCUT2D eigenvalue weighted by Gasteiger charge is 2.23. The molecule has 19 heavy (non-hydrogen) atoms. The van der Waals surface area contributed by atoms with Crippen LogP contribution in [0.25, 0.3) is 0 Å². The number of ether oxygens (including phenoxy) is 1. The number of anilines is 1. The number of hydrogen-bond donors (Lipinski definition) is 2. The third-order valence-electron chi connectivity index (χ3n) is 3.38. The van der Waals surface area contributed by atoms with Gasteiger partial charge in [0.15, 0.2) is 0 Å². The largest absolute Gasteiger partial charge is 0.384 e. The molecular formula is C14H22N4O. The van der Waals surface area contributed by atoms with E-state index in [1.807, 2.05) is 26.0 Å². The topological polar surface area (TPSA) is 75.2 Å². The molecule has 104 valence electrons. The maximum Gasteiger partial charge on any atom is 0.139 e. The quantitative estimate of drug-likeness (QED) is 0.639. The summed E-state index contributed by atoms with van der Waals surface area (Å²) in [6, 6.07) is 3.77. The zero-order valence-corrected chi connectivity index (χ0v) is 11.6. The molecule has 0 aliphatic carbocycles. The molecule has 0 amide bonds. The van der Waals surface area contributed by atoms with E-state index in [0.29, 0.717) is 5.56 Å². The summed E-state index contributed by atoms with van der Waals surface area (Å²) in [6.07, 6.45) is 2.42. The summed E-state index contributed by atoms with van der Waals surface area (Å²) >= 11 is 0. The number of aromatic nitrogens is 1. The number of rotatable bonds is 4. The third kappa shape index (κ3) is 3.23. The highest BCUT2D eigenvalue weighted by Crippen LogP contribution is 2.23. The molecule has 5 heteroatoms. The van der Waals surface area contributed by atoms with E-state index in [4.69, 9.17) is 15.9 Å². The Kier molecular flexibility index (Phi) is 4.37. The van der Waals surface area contributed by atoms with Crippen molar-refractivity contribution >= 4 is 11.7 Å². The van der Waals surface area contributed by atoms with Crippen molar-refractivity contribution in [3.63, 3.8) is 0 Å². The lowest BCUT2D eigenvalue weighted by Crippen LogP contribution is -2.41. The third-order valence-corrected chi connectivity index (χ3v) is 3.38. The lowest BCUT2D eigenvalue weighted by Gasteiger charge is -2.34. The molecule has 0 radical (unpaired) electrons. The van der Waals surface area contributed by atoms with Crippen LogP contribution in [-0.4, -0.2) is 36.6 Å². The van der Waals surface area contributed by atoms with Crippen LogP contribution in [0.3, 0.4) is 0 Å². The van der Waals surface area contributed by atoms with Gasteiger partial charge in [-0.25, -0.2) is 4.98 Å². The van der Waals surface area contributed by atoms with Crippen molar-refractivity contribution in [1.82, 2.24) is 4.98 Å². The average molecular weight is 262 g/mol. The van der Waals surface area contributed by atoms with Gasteiger partial charge in [0, 0.05) is 25.4 Å². The molecule has 5 nitrogen and oxygen atoms in total. The number of nitrogens with two attached hydrogens (primary N) is 1. The molecule has 0 spiro atoms. The smallest absolute Gasteiger partial charge is 0.139 e. The molecule has 1 saturated heterocycles. The molecular weight excluding hydrogens is 240 g/mol. The summed E-state index contributed by atoms with van der Waals surface area (Å²) in [5.41, 5.74) is 7.30. The van der Waals surface area contributed by atoms with Crippen LogP contribution in [-0.2, 0) is 4.74 Å². The number of aryl methyl sites for hydroxylation is 1. The highest BCUT2D eigenvalue weighted by atomic mass is 16.5. The maximum atomic E-state index is 7.68. The maximum absolute atomic E-state index is 7.68. The van der Waals surface area contributed by atoms with Gasteiger partial charge < -0.3 is 15.4 Å². The van der Waals surface area contributed by atoms with Crippen molar-refractivity contribution in [3.8, 4) is 0 Å². The van der Waals surface area contributed by atoms with Crippen LogP contribution in [0.5, 0.6) is 0 Å². The summed E-state index contributed by atoms with van der Waals surface area (Å²) in [5, 5.41) is 7.68. The molecule has 1 aliphatic rings. The lowest BCUT2D eigenvalue weighted by atomic mass is 10.1.